The van der Waals surface area contributed by atoms with Crippen molar-refractivity contribution in [3.63, 3.8) is 0 Å². The minimum absolute atomic E-state index is 0.0290. The summed E-state index contributed by atoms with van der Waals surface area (Å²) in [6, 6.07) is 4.38. The van der Waals surface area contributed by atoms with E-state index in [2.05, 4.69) is 5.32 Å². The van der Waals surface area contributed by atoms with E-state index in [1.54, 1.807) is 0 Å². The third-order valence-electron chi connectivity index (χ3n) is 2.42. The number of hydrogen-bond acceptors (Lipinski definition) is 2. The highest BCUT2D eigenvalue weighted by molar-refractivity contribution is 6.32. The van der Waals surface area contributed by atoms with Crippen LogP contribution in [0.25, 0.3) is 0 Å². The number of rotatable bonds is 5. The summed E-state index contributed by atoms with van der Waals surface area (Å²) in [4.78, 5) is 11.7. The molecule has 3 nitrogen and oxygen atoms in total. The highest BCUT2D eigenvalue weighted by atomic mass is 35.5. The summed E-state index contributed by atoms with van der Waals surface area (Å²) >= 11 is 11.3. The summed E-state index contributed by atoms with van der Waals surface area (Å²) in [7, 11) is 0. The summed E-state index contributed by atoms with van der Waals surface area (Å²) < 4.78 is 0. The maximum Gasteiger partial charge on any atom is 0.251 e. The van der Waals surface area contributed by atoms with Crippen LogP contribution in [-0.2, 0) is 0 Å². The van der Waals surface area contributed by atoms with E-state index in [0.717, 1.165) is 6.42 Å². The highest BCUT2D eigenvalue weighted by Crippen LogP contribution is 2.23. The number of hydrogen-bond donors (Lipinski definition) is 2. The van der Waals surface area contributed by atoms with Crippen LogP contribution in [0.2, 0.25) is 5.02 Å². The van der Waals surface area contributed by atoms with Gasteiger partial charge in [0.1, 0.15) is 5.75 Å². The summed E-state index contributed by atoms with van der Waals surface area (Å²) in [5.74, 6) is 0.693. The molecule has 0 aromatic heterocycles. The first kappa shape index (κ1) is 14.1. The van der Waals surface area contributed by atoms with Crippen molar-refractivity contribution in [3.8, 4) is 5.75 Å². The normalized spacial score (nSPS) is 12.2. The molecule has 2 N–H and O–H groups in total. The van der Waals surface area contributed by atoms with Crippen LogP contribution in [0, 0.1) is 5.92 Å². The maximum absolute atomic E-state index is 11.7. The molecule has 0 radical (unpaired) electrons. The van der Waals surface area contributed by atoms with Gasteiger partial charge in [0.05, 0.1) is 5.02 Å². The van der Waals surface area contributed by atoms with Gasteiger partial charge in [-0.25, -0.2) is 0 Å². The topological polar surface area (TPSA) is 49.3 Å². The van der Waals surface area contributed by atoms with Crippen molar-refractivity contribution in [2.24, 2.45) is 5.92 Å². The van der Waals surface area contributed by atoms with Gasteiger partial charge in [0.25, 0.3) is 5.91 Å². The molecule has 1 aromatic rings. The molecular formula is C12H15Cl2NO2. The first-order valence-electron chi connectivity index (χ1n) is 5.37. The van der Waals surface area contributed by atoms with Crippen LogP contribution in [0.4, 0.5) is 0 Å². The molecule has 0 fully saturated rings. The zero-order chi connectivity index (χ0) is 12.8. The zero-order valence-electron chi connectivity index (χ0n) is 9.54. The lowest BCUT2D eigenvalue weighted by atomic mass is 10.1. The monoisotopic (exact) mass is 275 g/mol. The molecule has 1 atom stereocenters. The van der Waals surface area contributed by atoms with Crippen molar-refractivity contribution < 1.29 is 9.90 Å². The van der Waals surface area contributed by atoms with E-state index in [1.807, 2.05) is 6.92 Å². The summed E-state index contributed by atoms with van der Waals surface area (Å²) in [5.41, 5.74) is 0.436. The van der Waals surface area contributed by atoms with E-state index in [1.165, 1.54) is 18.2 Å². The number of aromatic hydroxyl groups is 1. The Balaban J connectivity index is 2.55. The standard InChI is InChI=1S/C12H15Cl2NO2/c1-8(4-5-13)7-15-12(17)9-2-3-11(16)10(14)6-9/h2-3,6,8,16H,4-5,7H2,1H3,(H,15,17). The van der Waals surface area contributed by atoms with Gasteiger partial charge in [0.2, 0.25) is 0 Å². The molecular weight excluding hydrogens is 261 g/mol. The Bertz CT molecular complexity index is 396. The smallest absolute Gasteiger partial charge is 0.251 e. The molecule has 0 aliphatic carbocycles. The molecule has 1 amide bonds. The lowest BCUT2D eigenvalue weighted by molar-refractivity contribution is 0.0948. The highest BCUT2D eigenvalue weighted by Gasteiger charge is 2.09. The largest absolute Gasteiger partial charge is 0.506 e. The predicted octanol–water partition coefficient (Wildman–Crippen LogP) is 3.04. The molecule has 0 saturated heterocycles. The Morgan fingerprint density at radius 1 is 1.53 bits per heavy atom. The molecule has 0 aliphatic rings. The SMILES string of the molecule is CC(CCCl)CNC(=O)c1ccc(O)c(Cl)c1. The van der Waals surface area contributed by atoms with Crippen molar-refractivity contribution in [2.75, 3.05) is 12.4 Å². The average molecular weight is 276 g/mol. The average Bonchev–Trinajstić information content (AvgIpc) is 2.30. The molecule has 5 heteroatoms. The molecule has 0 heterocycles. The molecule has 0 bridgehead atoms. The Kier molecular flexibility index (Phi) is 5.59. The lowest BCUT2D eigenvalue weighted by Crippen LogP contribution is -2.28. The number of amides is 1. The number of phenolic OH excluding ortho intramolecular Hbond substituents is 1. The second-order valence-electron chi connectivity index (χ2n) is 3.96. The van der Waals surface area contributed by atoms with Crippen molar-refractivity contribution in [3.05, 3.63) is 28.8 Å². The van der Waals surface area contributed by atoms with Crippen LogP contribution in [0.3, 0.4) is 0 Å². The fourth-order valence-electron chi connectivity index (χ4n) is 1.31. The minimum atomic E-state index is -0.201. The number of carbonyl (C=O) groups excluding carboxylic acids is 1. The van der Waals surface area contributed by atoms with E-state index in [9.17, 15) is 9.90 Å². The van der Waals surface area contributed by atoms with Gasteiger partial charge in [0.15, 0.2) is 0 Å². The van der Waals surface area contributed by atoms with E-state index in [-0.39, 0.29) is 16.7 Å². The minimum Gasteiger partial charge on any atom is -0.506 e. The Hall–Kier alpha value is -0.930. The zero-order valence-corrected chi connectivity index (χ0v) is 11.1. The lowest BCUT2D eigenvalue weighted by Gasteiger charge is -2.11. The van der Waals surface area contributed by atoms with Crippen LogP contribution in [-0.4, -0.2) is 23.4 Å². The second-order valence-corrected chi connectivity index (χ2v) is 4.74. The quantitative estimate of drug-likeness (QED) is 0.812. The number of alkyl halides is 1. The first-order valence-corrected chi connectivity index (χ1v) is 6.28. The second kappa shape index (κ2) is 6.72. The predicted molar refractivity (Wildman–Crippen MR) is 70.0 cm³/mol. The Morgan fingerprint density at radius 2 is 2.24 bits per heavy atom. The molecule has 17 heavy (non-hydrogen) atoms. The molecule has 1 unspecified atom stereocenters. The first-order chi connectivity index (χ1) is 8.04. The van der Waals surface area contributed by atoms with Crippen LogP contribution in [0.1, 0.15) is 23.7 Å². The van der Waals surface area contributed by atoms with Gasteiger partial charge < -0.3 is 10.4 Å². The van der Waals surface area contributed by atoms with Crippen molar-refractivity contribution in [2.45, 2.75) is 13.3 Å². The van der Waals surface area contributed by atoms with Crippen molar-refractivity contribution >= 4 is 29.1 Å². The summed E-state index contributed by atoms with van der Waals surface area (Å²) in [6.45, 7) is 2.59. The fraction of sp³-hybridized carbons (Fsp3) is 0.417. The molecule has 0 aliphatic heterocycles. The Morgan fingerprint density at radius 3 is 2.82 bits per heavy atom. The van der Waals surface area contributed by atoms with Gasteiger partial charge in [-0.2, -0.15) is 0 Å². The van der Waals surface area contributed by atoms with Crippen LogP contribution in [0.5, 0.6) is 5.75 Å². The van der Waals surface area contributed by atoms with Gasteiger partial charge >= 0.3 is 0 Å². The Labute approximate surface area is 111 Å². The van der Waals surface area contributed by atoms with Crippen LogP contribution in [0.15, 0.2) is 18.2 Å². The maximum atomic E-state index is 11.7. The van der Waals surface area contributed by atoms with Gasteiger partial charge in [-0.05, 0) is 30.5 Å². The van der Waals surface area contributed by atoms with Crippen LogP contribution >= 0.6 is 23.2 Å². The van der Waals surface area contributed by atoms with Gasteiger partial charge in [0, 0.05) is 18.0 Å². The third kappa shape index (κ3) is 4.44. The van der Waals surface area contributed by atoms with Crippen molar-refractivity contribution in [1.82, 2.24) is 5.32 Å². The van der Waals surface area contributed by atoms with Gasteiger partial charge in [-0.15, -0.1) is 11.6 Å². The molecule has 0 spiro atoms. The number of carbonyl (C=O) groups is 1. The van der Waals surface area contributed by atoms with Crippen LogP contribution < -0.4 is 5.32 Å². The molecule has 94 valence electrons. The molecule has 1 aromatic carbocycles. The van der Waals surface area contributed by atoms with Gasteiger partial charge in [-0.1, -0.05) is 18.5 Å². The van der Waals surface area contributed by atoms with E-state index < -0.39 is 0 Å². The number of phenols is 1. The summed E-state index contributed by atoms with van der Waals surface area (Å²) in [6.07, 6.45) is 0.859. The number of halogens is 2. The summed E-state index contributed by atoms with van der Waals surface area (Å²) in [5, 5.41) is 12.2. The van der Waals surface area contributed by atoms with E-state index >= 15 is 0 Å². The molecule has 1 rings (SSSR count). The number of nitrogens with one attached hydrogen (secondary N) is 1. The van der Waals surface area contributed by atoms with E-state index in [0.29, 0.717) is 23.9 Å². The number of benzene rings is 1. The fourth-order valence-corrected chi connectivity index (χ4v) is 1.86. The van der Waals surface area contributed by atoms with E-state index in [4.69, 9.17) is 23.2 Å². The van der Waals surface area contributed by atoms with Crippen molar-refractivity contribution in [1.29, 1.82) is 0 Å². The molecule has 0 saturated carbocycles. The van der Waals surface area contributed by atoms with Gasteiger partial charge in [-0.3, -0.25) is 4.79 Å². The third-order valence-corrected chi connectivity index (χ3v) is 2.94.